The molecule has 0 aromatic carbocycles. The minimum Gasteiger partial charge on any atom is -0.383 e. The van der Waals surface area contributed by atoms with E-state index < -0.39 is 0 Å². The van der Waals surface area contributed by atoms with Gasteiger partial charge in [0, 0.05) is 20.2 Å². The SMILES string of the molecule is COCCN(C)CCC(=O)ONN. The number of carbonyl (C=O) groups excluding carboxylic acids is 1. The van der Waals surface area contributed by atoms with Crippen molar-refractivity contribution in [1.29, 1.82) is 0 Å². The molecule has 0 rings (SSSR count). The van der Waals surface area contributed by atoms with Crippen LogP contribution in [0.2, 0.25) is 0 Å². The summed E-state index contributed by atoms with van der Waals surface area (Å²) in [5.41, 5.74) is 1.84. The Labute approximate surface area is 77.9 Å². The van der Waals surface area contributed by atoms with E-state index in [9.17, 15) is 4.79 Å². The molecule has 0 radical (unpaired) electrons. The number of methoxy groups -OCH3 is 1. The predicted molar refractivity (Wildman–Crippen MR) is 47.4 cm³/mol. The van der Waals surface area contributed by atoms with Crippen LogP contribution in [0.5, 0.6) is 0 Å². The van der Waals surface area contributed by atoms with Crippen molar-refractivity contribution in [3.05, 3.63) is 0 Å². The number of likely N-dealkylation sites (N-methyl/N-ethyl adjacent to an activating group) is 1. The second-order valence-corrected chi connectivity index (χ2v) is 2.64. The predicted octanol–water partition coefficient (Wildman–Crippen LogP) is -1.12. The van der Waals surface area contributed by atoms with Gasteiger partial charge in [-0.1, -0.05) is 5.59 Å². The third kappa shape index (κ3) is 7.66. The summed E-state index contributed by atoms with van der Waals surface area (Å²) in [6.45, 7) is 2.07. The molecular weight excluding hydrogens is 174 g/mol. The maximum absolute atomic E-state index is 10.8. The molecule has 0 amide bonds. The Hall–Kier alpha value is -0.690. The Morgan fingerprint density at radius 3 is 2.77 bits per heavy atom. The van der Waals surface area contributed by atoms with Crippen molar-refractivity contribution in [1.82, 2.24) is 10.5 Å². The van der Waals surface area contributed by atoms with Gasteiger partial charge in [0.2, 0.25) is 0 Å². The Bertz CT molecular complexity index is 143. The van der Waals surface area contributed by atoms with E-state index in [2.05, 4.69) is 4.84 Å². The molecule has 0 aliphatic carbocycles. The lowest BCUT2D eigenvalue weighted by molar-refractivity contribution is -0.151. The number of carbonyl (C=O) groups is 1. The molecule has 13 heavy (non-hydrogen) atoms. The van der Waals surface area contributed by atoms with Gasteiger partial charge in [0.1, 0.15) is 0 Å². The van der Waals surface area contributed by atoms with E-state index >= 15 is 0 Å². The van der Waals surface area contributed by atoms with Crippen LogP contribution in [-0.2, 0) is 14.4 Å². The molecule has 78 valence electrons. The lowest BCUT2D eigenvalue weighted by Crippen LogP contribution is -2.30. The first kappa shape index (κ1) is 12.3. The fourth-order valence-electron chi connectivity index (χ4n) is 0.758. The Morgan fingerprint density at radius 2 is 2.23 bits per heavy atom. The zero-order valence-corrected chi connectivity index (χ0v) is 8.08. The number of hydrazine groups is 1. The van der Waals surface area contributed by atoms with E-state index in [-0.39, 0.29) is 5.97 Å². The second-order valence-electron chi connectivity index (χ2n) is 2.64. The first-order chi connectivity index (χ1) is 6.20. The molecule has 0 aromatic heterocycles. The quantitative estimate of drug-likeness (QED) is 0.392. The summed E-state index contributed by atoms with van der Waals surface area (Å²) in [6, 6.07) is 0. The third-order valence-corrected chi connectivity index (χ3v) is 1.55. The second kappa shape index (κ2) is 7.93. The van der Waals surface area contributed by atoms with Crippen molar-refractivity contribution in [2.24, 2.45) is 5.84 Å². The first-order valence-electron chi connectivity index (χ1n) is 4.03. The minimum absolute atomic E-state index is 0.310. The largest absolute Gasteiger partial charge is 0.383 e. The van der Waals surface area contributed by atoms with Crippen LogP contribution in [0.3, 0.4) is 0 Å². The molecule has 0 bridgehead atoms. The molecule has 6 nitrogen and oxygen atoms in total. The van der Waals surface area contributed by atoms with Crippen molar-refractivity contribution < 1.29 is 14.4 Å². The number of hydrogen-bond donors (Lipinski definition) is 2. The van der Waals surface area contributed by atoms with Crippen LogP contribution in [0.4, 0.5) is 0 Å². The summed E-state index contributed by atoms with van der Waals surface area (Å²) in [5, 5.41) is 0. The van der Waals surface area contributed by atoms with Crippen LogP contribution >= 0.6 is 0 Å². The van der Waals surface area contributed by atoms with Crippen molar-refractivity contribution >= 4 is 5.97 Å². The lowest BCUT2D eigenvalue weighted by Gasteiger charge is -2.14. The molecule has 0 atom stereocenters. The lowest BCUT2D eigenvalue weighted by atomic mass is 10.4. The van der Waals surface area contributed by atoms with Gasteiger partial charge in [-0.2, -0.15) is 0 Å². The highest BCUT2D eigenvalue weighted by atomic mass is 16.7. The van der Waals surface area contributed by atoms with Gasteiger partial charge in [-0.15, -0.1) is 0 Å². The average molecular weight is 191 g/mol. The van der Waals surface area contributed by atoms with E-state index in [0.29, 0.717) is 19.6 Å². The van der Waals surface area contributed by atoms with Crippen LogP contribution in [0.1, 0.15) is 6.42 Å². The van der Waals surface area contributed by atoms with Gasteiger partial charge in [-0.05, 0) is 7.05 Å². The molecule has 0 saturated heterocycles. The molecule has 0 heterocycles. The standard InChI is InChI=1S/C7H17N3O3/c1-10(5-6-12-2)4-3-7(11)13-9-8/h9H,3-6,8H2,1-2H3. The van der Waals surface area contributed by atoms with E-state index in [0.717, 1.165) is 6.54 Å². The molecule has 0 aliphatic rings. The highest BCUT2D eigenvalue weighted by molar-refractivity contribution is 5.69. The normalized spacial score (nSPS) is 10.5. The zero-order chi connectivity index (χ0) is 10.1. The maximum atomic E-state index is 10.8. The fraction of sp³-hybridized carbons (Fsp3) is 0.857. The van der Waals surface area contributed by atoms with Crippen LogP contribution in [0.25, 0.3) is 0 Å². The van der Waals surface area contributed by atoms with Crippen molar-refractivity contribution in [2.45, 2.75) is 6.42 Å². The van der Waals surface area contributed by atoms with E-state index in [1.165, 1.54) is 0 Å². The molecule has 0 aliphatic heterocycles. The van der Waals surface area contributed by atoms with Crippen LogP contribution in [-0.4, -0.2) is 44.7 Å². The van der Waals surface area contributed by atoms with Crippen LogP contribution < -0.4 is 11.4 Å². The smallest absolute Gasteiger partial charge is 0.327 e. The Balaban J connectivity index is 3.34. The zero-order valence-electron chi connectivity index (χ0n) is 8.08. The summed E-state index contributed by atoms with van der Waals surface area (Å²) in [7, 11) is 3.54. The topological polar surface area (TPSA) is 76.8 Å². The van der Waals surface area contributed by atoms with Gasteiger partial charge >= 0.3 is 5.97 Å². The molecule has 0 unspecified atom stereocenters. The summed E-state index contributed by atoms with van der Waals surface area (Å²) in [6.07, 6.45) is 0.310. The van der Waals surface area contributed by atoms with Gasteiger partial charge in [-0.3, -0.25) is 4.79 Å². The highest BCUT2D eigenvalue weighted by Gasteiger charge is 2.04. The molecule has 0 fully saturated rings. The Morgan fingerprint density at radius 1 is 1.54 bits per heavy atom. The first-order valence-corrected chi connectivity index (χ1v) is 4.03. The number of hydrogen-bond acceptors (Lipinski definition) is 6. The molecule has 3 N–H and O–H groups in total. The molecular formula is C7H17N3O3. The number of nitrogens with one attached hydrogen (secondary N) is 1. The summed E-state index contributed by atoms with van der Waals surface area (Å²) in [5.74, 6) is 4.42. The molecule has 0 spiro atoms. The van der Waals surface area contributed by atoms with Crippen molar-refractivity contribution in [3.8, 4) is 0 Å². The summed E-state index contributed by atoms with van der Waals surface area (Å²) < 4.78 is 4.88. The molecule has 0 aromatic rings. The minimum atomic E-state index is -0.369. The van der Waals surface area contributed by atoms with E-state index in [1.54, 1.807) is 7.11 Å². The number of ether oxygens (including phenoxy) is 1. The number of nitrogens with zero attached hydrogens (tertiary/aromatic N) is 1. The van der Waals surface area contributed by atoms with Crippen molar-refractivity contribution in [3.63, 3.8) is 0 Å². The average Bonchev–Trinajstić information content (AvgIpc) is 2.12. The third-order valence-electron chi connectivity index (χ3n) is 1.55. The van der Waals surface area contributed by atoms with Gasteiger partial charge in [0.25, 0.3) is 0 Å². The number of nitrogens with two attached hydrogens (primary N) is 1. The van der Waals surface area contributed by atoms with Crippen LogP contribution in [0.15, 0.2) is 0 Å². The Kier molecular flexibility index (Phi) is 7.51. The van der Waals surface area contributed by atoms with E-state index in [4.69, 9.17) is 10.6 Å². The van der Waals surface area contributed by atoms with Gasteiger partial charge in [0.05, 0.1) is 13.0 Å². The fourth-order valence-corrected chi connectivity index (χ4v) is 0.758. The molecule has 0 saturated carbocycles. The number of rotatable bonds is 7. The monoisotopic (exact) mass is 191 g/mol. The highest BCUT2D eigenvalue weighted by Crippen LogP contribution is 1.89. The van der Waals surface area contributed by atoms with Crippen LogP contribution in [0, 0.1) is 0 Å². The summed E-state index contributed by atoms with van der Waals surface area (Å²) in [4.78, 5) is 17.1. The van der Waals surface area contributed by atoms with Gasteiger partial charge in [0.15, 0.2) is 0 Å². The van der Waals surface area contributed by atoms with Crippen molar-refractivity contribution in [2.75, 3.05) is 33.9 Å². The summed E-state index contributed by atoms with van der Waals surface area (Å²) >= 11 is 0. The maximum Gasteiger partial charge on any atom is 0.327 e. The van der Waals surface area contributed by atoms with Gasteiger partial charge < -0.3 is 14.5 Å². The van der Waals surface area contributed by atoms with E-state index in [1.807, 2.05) is 17.5 Å². The van der Waals surface area contributed by atoms with Gasteiger partial charge in [-0.25, -0.2) is 5.84 Å². The molecule has 6 heteroatoms.